The van der Waals surface area contributed by atoms with Gasteiger partial charge in [0.25, 0.3) is 0 Å². The summed E-state index contributed by atoms with van der Waals surface area (Å²) in [5.41, 5.74) is -0.343. The Labute approximate surface area is 91.0 Å². The van der Waals surface area contributed by atoms with Gasteiger partial charge in [0.2, 0.25) is 0 Å². The average Bonchev–Trinajstić information content (AvgIpc) is 2.28. The van der Waals surface area contributed by atoms with Crippen LogP contribution in [0.3, 0.4) is 0 Å². The van der Waals surface area contributed by atoms with Crippen molar-refractivity contribution in [1.29, 1.82) is 0 Å². The van der Waals surface area contributed by atoms with Crippen LogP contribution in [-0.2, 0) is 9.53 Å². The van der Waals surface area contributed by atoms with E-state index in [-0.39, 0.29) is 18.0 Å². The highest BCUT2D eigenvalue weighted by molar-refractivity contribution is 5.77. The molecule has 0 aromatic carbocycles. The summed E-state index contributed by atoms with van der Waals surface area (Å²) in [5, 5.41) is 12.1. The van der Waals surface area contributed by atoms with Crippen LogP contribution in [0, 0.1) is 5.41 Å². The van der Waals surface area contributed by atoms with Crippen LogP contribution in [0.25, 0.3) is 0 Å². The molecule has 0 bridgehead atoms. The molecule has 0 atom stereocenters. The first-order valence-corrected chi connectivity index (χ1v) is 5.74. The van der Waals surface area contributed by atoms with E-state index in [0.717, 1.165) is 32.4 Å². The predicted octanol–water partition coefficient (Wildman–Crippen LogP) is 0.692. The first-order valence-electron chi connectivity index (χ1n) is 5.74. The van der Waals surface area contributed by atoms with Crippen molar-refractivity contribution in [3.05, 3.63) is 0 Å². The summed E-state index contributed by atoms with van der Waals surface area (Å²) >= 11 is 0. The van der Waals surface area contributed by atoms with Crippen LogP contribution in [0.5, 0.6) is 0 Å². The minimum absolute atomic E-state index is 0.0834. The van der Waals surface area contributed by atoms with Crippen LogP contribution in [0.4, 0.5) is 0 Å². The predicted molar refractivity (Wildman–Crippen MR) is 57.5 cm³/mol. The summed E-state index contributed by atoms with van der Waals surface area (Å²) in [5.74, 6) is -0.0834. The van der Waals surface area contributed by atoms with Gasteiger partial charge in [-0.1, -0.05) is 0 Å². The number of rotatable bonds is 5. The molecule has 0 unspecified atom stereocenters. The number of esters is 1. The maximum absolute atomic E-state index is 11.9. The van der Waals surface area contributed by atoms with E-state index in [0.29, 0.717) is 13.0 Å². The summed E-state index contributed by atoms with van der Waals surface area (Å²) in [6.45, 7) is 4.15. The number of carbonyl (C=O) groups is 1. The molecule has 1 aliphatic heterocycles. The van der Waals surface area contributed by atoms with E-state index in [1.807, 2.05) is 6.92 Å². The second-order valence-electron chi connectivity index (χ2n) is 4.08. The van der Waals surface area contributed by atoms with Gasteiger partial charge in [0, 0.05) is 6.61 Å². The number of piperidine rings is 1. The van der Waals surface area contributed by atoms with E-state index in [9.17, 15) is 4.79 Å². The summed E-state index contributed by atoms with van der Waals surface area (Å²) in [4.78, 5) is 11.9. The number of aliphatic hydroxyl groups is 1. The first-order chi connectivity index (χ1) is 7.25. The number of hydrogen-bond acceptors (Lipinski definition) is 4. The lowest BCUT2D eigenvalue weighted by molar-refractivity contribution is -0.158. The van der Waals surface area contributed by atoms with Crippen molar-refractivity contribution < 1.29 is 14.6 Å². The van der Waals surface area contributed by atoms with Crippen LogP contribution >= 0.6 is 0 Å². The number of nitrogens with one attached hydrogen (secondary N) is 1. The molecule has 0 amide bonds. The largest absolute Gasteiger partial charge is 0.466 e. The van der Waals surface area contributed by atoms with Crippen LogP contribution in [0.15, 0.2) is 0 Å². The van der Waals surface area contributed by atoms with Gasteiger partial charge in [-0.05, 0) is 45.7 Å². The highest BCUT2D eigenvalue weighted by Gasteiger charge is 2.40. The van der Waals surface area contributed by atoms with Crippen molar-refractivity contribution in [2.75, 3.05) is 26.3 Å². The molecule has 1 saturated heterocycles. The number of ether oxygens (including phenoxy) is 1. The smallest absolute Gasteiger partial charge is 0.312 e. The molecule has 0 radical (unpaired) electrons. The number of aliphatic hydroxyl groups excluding tert-OH is 1. The van der Waals surface area contributed by atoms with Crippen molar-refractivity contribution >= 4 is 5.97 Å². The molecule has 0 aliphatic carbocycles. The molecule has 1 aliphatic rings. The van der Waals surface area contributed by atoms with Gasteiger partial charge in [-0.25, -0.2) is 0 Å². The minimum Gasteiger partial charge on any atom is -0.466 e. The number of carbonyl (C=O) groups excluding carboxylic acids is 1. The lowest BCUT2D eigenvalue weighted by Crippen LogP contribution is -2.43. The quantitative estimate of drug-likeness (QED) is 0.663. The molecule has 1 heterocycles. The molecule has 0 aromatic heterocycles. The standard InChI is InChI=1S/C11H21NO3/c1-2-15-10(14)11(4-3-9-13)5-7-12-8-6-11/h12-13H,2-9H2,1H3. The SMILES string of the molecule is CCOC(=O)C1(CCCO)CCNCC1. The van der Waals surface area contributed by atoms with Crippen LogP contribution in [0.1, 0.15) is 32.6 Å². The molecule has 1 fully saturated rings. The zero-order chi connectivity index (χ0) is 11.1. The molecule has 2 N–H and O–H groups in total. The van der Waals surface area contributed by atoms with Gasteiger partial charge >= 0.3 is 5.97 Å². The zero-order valence-corrected chi connectivity index (χ0v) is 9.42. The minimum atomic E-state index is -0.343. The highest BCUT2D eigenvalue weighted by Crippen LogP contribution is 2.35. The van der Waals surface area contributed by atoms with E-state index in [2.05, 4.69) is 5.32 Å². The third-order valence-corrected chi connectivity index (χ3v) is 3.08. The molecular weight excluding hydrogens is 194 g/mol. The maximum atomic E-state index is 11.9. The Morgan fingerprint density at radius 2 is 2.13 bits per heavy atom. The van der Waals surface area contributed by atoms with Crippen molar-refractivity contribution in [1.82, 2.24) is 5.32 Å². The van der Waals surface area contributed by atoms with Gasteiger partial charge in [0.15, 0.2) is 0 Å². The van der Waals surface area contributed by atoms with Gasteiger partial charge < -0.3 is 15.2 Å². The molecule has 4 heteroatoms. The van der Waals surface area contributed by atoms with Crippen molar-refractivity contribution in [3.63, 3.8) is 0 Å². The topological polar surface area (TPSA) is 58.6 Å². The van der Waals surface area contributed by atoms with Crippen molar-refractivity contribution in [2.24, 2.45) is 5.41 Å². The van der Waals surface area contributed by atoms with Crippen LogP contribution in [-0.4, -0.2) is 37.4 Å². The summed E-state index contributed by atoms with van der Waals surface area (Å²) in [7, 11) is 0. The van der Waals surface area contributed by atoms with E-state index < -0.39 is 0 Å². The Morgan fingerprint density at radius 3 is 2.67 bits per heavy atom. The Kier molecular flexibility index (Phi) is 5.05. The fraction of sp³-hybridized carbons (Fsp3) is 0.909. The molecule has 1 rings (SSSR count). The molecule has 0 aromatic rings. The molecule has 0 spiro atoms. The Hall–Kier alpha value is -0.610. The third-order valence-electron chi connectivity index (χ3n) is 3.08. The van der Waals surface area contributed by atoms with E-state index in [4.69, 9.17) is 9.84 Å². The lowest BCUT2D eigenvalue weighted by atomic mass is 9.75. The van der Waals surface area contributed by atoms with Gasteiger partial charge in [0.1, 0.15) is 0 Å². The Morgan fingerprint density at radius 1 is 1.47 bits per heavy atom. The van der Waals surface area contributed by atoms with Crippen LogP contribution < -0.4 is 5.32 Å². The summed E-state index contributed by atoms with van der Waals surface area (Å²) in [6.07, 6.45) is 3.07. The van der Waals surface area contributed by atoms with Gasteiger partial charge in [-0.3, -0.25) is 4.79 Å². The third kappa shape index (κ3) is 3.18. The fourth-order valence-corrected chi connectivity index (χ4v) is 2.16. The molecule has 4 nitrogen and oxygen atoms in total. The molecule has 88 valence electrons. The van der Waals surface area contributed by atoms with Gasteiger partial charge in [-0.15, -0.1) is 0 Å². The van der Waals surface area contributed by atoms with Gasteiger partial charge in [0.05, 0.1) is 12.0 Å². The second kappa shape index (κ2) is 6.08. The van der Waals surface area contributed by atoms with E-state index in [1.54, 1.807) is 0 Å². The van der Waals surface area contributed by atoms with Crippen LogP contribution in [0.2, 0.25) is 0 Å². The zero-order valence-electron chi connectivity index (χ0n) is 9.42. The lowest BCUT2D eigenvalue weighted by Gasteiger charge is -2.35. The highest BCUT2D eigenvalue weighted by atomic mass is 16.5. The fourth-order valence-electron chi connectivity index (χ4n) is 2.16. The second-order valence-corrected chi connectivity index (χ2v) is 4.08. The summed E-state index contributed by atoms with van der Waals surface area (Å²) in [6, 6.07) is 0. The Bertz CT molecular complexity index is 200. The van der Waals surface area contributed by atoms with E-state index >= 15 is 0 Å². The summed E-state index contributed by atoms with van der Waals surface area (Å²) < 4.78 is 5.13. The maximum Gasteiger partial charge on any atom is 0.312 e. The van der Waals surface area contributed by atoms with Crippen molar-refractivity contribution in [2.45, 2.75) is 32.6 Å². The number of hydrogen-bond donors (Lipinski definition) is 2. The Balaban J connectivity index is 2.61. The van der Waals surface area contributed by atoms with E-state index in [1.165, 1.54) is 0 Å². The van der Waals surface area contributed by atoms with Crippen molar-refractivity contribution in [3.8, 4) is 0 Å². The monoisotopic (exact) mass is 215 g/mol. The normalized spacial score (nSPS) is 19.9. The molecule has 15 heavy (non-hydrogen) atoms. The molecule has 0 saturated carbocycles. The molecular formula is C11H21NO3. The average molecular weight is 215 g/mol. The first kappa shape index (κ1) is 12.5. The van der Waals surface area contributed by atoms with Gasteiger partial charge in [-0.2, -0.15) is 0 Å².